The van der Waals surface area contributed by atoms with Crippen LogP contribution in [0.25, 0.3) is 0 Å². The molecule has 1 aromatic heterocycles. The molecule has 2 aromatic rings. The minimum atomic E-state index is -3.22. The van der Waals surface area contributed by atoms with Gasteiger partial charge < -0.3 is 10.1 Å². The Labute approximate surface area is 179 Å². The van der Waals surface area contributed by atoms with Crippen molar-refractivity contribution in [2.45, 2.75) is 31.7 Å². The number of para-hydroxylation sites is 1. The lowest BCUT2D eigenvalue weighted by atomic mass is 10.2. The third kappa shape index (κ3) is 5.65. The normalized spacial score (nSPS) is 16.6. The fourth-order valence-electron chi connectivity index (χ4n) is 2.72. The Balaban J connectivity index is 1.93. The highest BCUT2D eigenvalue weighted by atomic mass is 35.5. The molecule has 1 aliphatic rings. The average molecular weight is 460 g/mol. The minimum absolute atomic E-state index is 0.0213. The van der Waals surface area contributed by atoms with Crippen molar-refractivity contribution in [1.82, 2.24) is 5.32 Å². The van der Waals surface area contributed by atoms with Crippen LogP contribution in [0.4, 0.5) is 8.78 Å². The molecule has 0 saturated heterocycles. The molecule has 0 aliphatic heterocycles. The van der Waals surface area contributed by atoms with E-state index in [2.05, 4.69) is 5.32 Å². The highest BCUT2D eigenvalue weighted by Gasteiger charge is 2.37. The van der Waals surface area contributed by atoms with Crippen molar-refractivity contribution in [1.29, 1.82) is 0 Å². The minimum Gasteiger partial charge on any atom is -0.454 e. The van der Waals surface area contributed by atoms with Crippen molar-refractivity contribution < 1.29 is 22.5 Å². The fourth-order valence-corrected chi connectivity index (χ4v) is 4.53. The van der Waals surface area contributed by atoms with Gasteiger partial charge in [-0.05, 0) is 30.9 Å². The largest absolute Gasteiger partial charge is 0.454 e. The van der Waals surface area contributed by atoms with Gasteiger partial charge in [-0.25, -0.2) is 8.78 Å². The molecule has 1 unspecified atom stereocenters. The summed E-state index contributed by atoms with van der Waals surface area (Å²) in [6, 6.07) is 8.19. The van der Waals surface area contributed by atoms with Gasteiger partial charge in [-0.2, -0.15) is 0 Å². The van der Waals surface area contributed by atoms with Crippen LogP contribution in [-0.4, -0.2) is 22.4 Å². The van der Waals surface area contributed by atoms with Crippen LogP contribution >= 0.6 is 22.9 Å². The lowest BCUT2D eigenvalue weighted by Gasteiger charge is -2.14. The molecule has 1 fully saturated rings. The Kier molecular flexibility index (Phi) is 6.76. The Morgan fingerprint density at radius 3 is 2.59 bits per heavy atom. The molecule has 9 heteroatoms. The van der Waals surface area contributed by atoms with Gasteiger partial charge in [-0.3, -0.25) is 9.00 Å². The predicted molar refractivity (Wildman–Crippen MR) is 113 cm³/mol. The van der Waals surface area contributed by atoms with Crippen LogP contribution in [-0.2, 0) is 16.7 Å². The van der Waals surface area contributed by atoms with Crippen LogP contribution in [0, 0.1) is 5.92 Å². The number of nitrogens with one attached hydrogen (secondary N) is 1. The lowest BCUT2D eigenvalue weighted by Crippen LogP contribution is -2.34. The monoisotopic (exact) mass is 459 g/mol. The van der Waals surface area contributed by atoms with Crippen molar-refractivity contribution in [2.24, 2.45) is 5.92 Å². The molecule has 2 atom stereocenters. The van der Waals surface area contributed by atoms with Gasteiger partial charge in [0.15, 0.2) is 5.75 Å². The molecule has 0 bridgehead atoms. The van der Waals surface area contributed by atoms with E-state index in [0.29, 0.717) is 17.1 Å². The number of rotatable bonds is 8. The predicted octanol–water partition coefficient (Wildman–Crippen LogP) is 5.71. The Morgan fingerprint density at radius 2 is 2.03 bits per heavy atom. The van der Waals surface area contributed by atoms with Crippen LogP contribution in [0.3, 0.4) is 0 Å². The van der Waals surface area contributed by atoms with Gasteiger partial charge in [-0.1, -0.05) is 35.9 Å². The second-order valence-electron chi connectivity index (χ2n) is 6.87. The summed E-state index contributed by atoms with van der Waals surface area (Å²) >= 11 is 6.81. The van der Waals surface area contributed by atoms with E-state index in [4.69, 9.17) is 16.3 Å². The van der Waals surface area contributed by atoms with Crippen LogP contribution in [0.2, 0.25) is 5.02 Å². The average Bonchev–Trinajstić information content (AvgIpc) is 3.43. The first-order valence-electron chi connectivity index (χ1n) is 8.91. The van der Waals surface area contributed by atoms with Gasteiger partial charge >= 0.3 is 0 Å². The summed E-state index contributed by atoms with van der Waals surface area (Å²) < 4.78 is 45.1. The first-order chi connectivity index (χ1) is 13.7. The molecule has 3 rings (SSSR count). The molecule has 0 spiro atoms. The van der Waals surface area contributed by atoms with Crippen LogP contribution in [0.15, 0.2) is 41.8 Å². The van der Waals surface area contributed by atoms with Gasteiger partial charge in [0.25, 0.3) is 11.8 Å². The highest BCUT2D eigenvalue weighted by molar-refractivity contribution is 7.87. The molecular formula is C20H20ClF2NO3S2. The number of carbonyl (C=O) groups is 1. The molecule has 156 valence electrons. The summed E-state index contributed by atoms with van der Waals surface area (Å²) in [4.78, 5) is 12.5. The summed E-state index contributed by atoms with van der Waals surface area (Å²) in [5, 5.41) is 4.07. The molecular weight excluding hydrogens is 440 g/mol. The molecule has 0 radical (unpaired) electrons. The van der Waals surface area contributed by atoms with E-state index in [9.17, 15) is 17.8 Å². The second kappa shape index (κ2) is 8.93. The van der Waals surface area contributed by atoms with E-state index >= 15 is 0 Å². The summed E-state index contributed by atoms with van der Waals surface area (Å²) in [5.41, 5.74) is 0. The summed E-state index contributed by atoms with van der Waals surface area (Å²) in [6.45, 7) is 0.727. The quantitative estimate of drug-likeness (QED) is 0.550. The maximum Gasteiger partial charge on any atom is 0.281 e. The van der Waals surface area contributed by atoms with Crippen molar-refractivity contribution in [2.75, 3.05) is 6.26 Å². The number of alkyl halides is 2. The van der Waals surface area contributed by atoms with E-state index in [0.717, 1.165) is 19.8 Å². The molecule has 1 aliphatic carbocycles. The standard InChI is InChI=1S/C20H20ClF2NO3S2/c1-20(22,23)18-15(21)16(27-13-6-4-3-5-7-13)17(28-18)19(25)24-14(12-8-9-12)10-11-29(2)26/h3-7,10-12,14H,8-9H2,1-2H3,(H,24,25)/b11-10+/t14-,29?/m1/s1. The number of benzene rings is 1. The first kappa shape index (κ1) is 21.9. The summed E-state index contributed by atoms with van der Waals surface area (Å²) in [7, 11) is -1.15. The number of ether oxygens (including phenoxy) is 1. The van der Waals surface area contributed by atoms with E-state index in [-0.39, 0.29) is 27.6 Å². The smallest absolute Gasteiger partial charge is 0.281 e. The summed E-state index contributed by atoms with van der Waals surface area (Å²) in [5.74, 6) is -3.24. The van der Waals surface area contributed by atoms with Gasteiger partial charge in [0.05, 0.1) is 10.9 Å². The van der Waals surface area contributed by atoms with E-state index in [1.807, 2.05) is 0 Å². The topological polar surface area (TPSA) is 55.4 Å². The summed E-state index contributed by atoms with van der Waals surface area (Å²) in [6.07, 6.45) is 5.08. The van der Waals surface area contributed by atoms with E-state index in [1.54, 1.807) is 36.4 Å². The van der Waals surface area contributed by atoms with Gasteiger partial charge in [0.2, 0.25) is 0 Å². The molecule has 1 saturated carbocycles. The number of amides is 1. The van der Waals surface area contributed by atoms with Crippen LogP contribution in [0.5, 0.6) is 11.5 Å². The van der Waals surface area contributed by atoms with E-state index < -0.39 is 27.5 Å². The van der Waals surface area contributed by atoms with Crippen molar-refractivity contribution in [3.63, 3.8) is 0 Å². The number of halogens is 3. The number of carbonyl (C=O) groups excluding carboxylic acids is 1. The molecule has 1 N–H and O–H groups in total. The third-order valence-electron chi connectivity index (χ3n) is 4.28. The third-order valence-corrected chi connectivity index (χ3v) is 6.64. The zero-order valence-corrected chi connectivity index (χ0v) is 18.2. The van der Waals surface area contributed by atoms with Crippen LogP contribution in [0.1, 0.15) is 34.3 Å². The SMILES string of the molecule is CS(=O)/C=C/[C@@H](NC(=O)c1sc(C(C)(F)F)c(Cl)c1Oc1ccccc1)C1CC1. The zero-order chi connectivity index (χ0) is 21.2. The molecule has 1 amide bonds. The zero-order valence-electron chi connectivity index (χ0n) is 15.8. The van der Waals surface area contributed by atoms with Crippen molar-refractivity contribution >= 4 is 39.6 Å². The van der Waals surface area contributed by atoms with Crippen LogP contribution < -0.4 is 10.1 Å². The maximum absolute atomic E-state index is 14.0. The number of hydrogen-bond acceptors (Lipinski definition) is 4. The number of thiophene rings is 1. The van der Waals surface area contributed by atoms with Gasteiger partial charge in [0, 0.05) is 29.4 Å². The fraction of sp³-hybridized carbons (Fsp3) is 0.350. The van der Waals surface area contributed by atoms with Crippen molar-refractivity contribution in [3.8, 4) is 11.5 Å². The van der Waals surface area contributed by atoms with Crippen molar-refractivity contribution in [3.05, 3.63) is 56.6 Å². The van der Waals surface area contributed by atoms with Gasteiger partial charge in [0.1, 0.15) is 15.6 Å². The first-order valence-corrected chi connectivity index (χ1v) is 11.7. The Bertz CT molecular complexity index is 937. The maximum atomic E-state index is 14.0. The number of hydrogen-bond donors (Lipinski definition) is 1. The molecule has 4 nitrogen and oxygen atoms in total. The molecule has 1 heterocycles. The Hall–Kier alpha value is -1.77. The highest BCUT2D eigenvalue weighted by Crippen LogP contribution is 2.48. The van der Waals surface area contributed by atoms with E-state index in [1.165, 1.54) is 11.7 Å². The lowest BCUT2D eigenvalue weighted by molar-refractivity contribution is 0.0215. The van der Waals surface area contributed by atoms with Gasteiger partial charge in [-0.15, -0.1) is 11.3 Å². The molecule has 29 heavy (non-hydrogen) atoms. The second-order valence-corrected chi connectivity index (χ2v) is 9.54. The Morgan fingerprint density at radius 1 is 1.38 bits per heavy atom. The molecule has 1 aromatic carbocycles.